The monoisotopic (exact) mass is 374 g/mol. The summed E-state index contributed by atoms with van der Waals surface area (Å²) < 4.78 is 5.23. The Morgan fingerprint density at radius 1 is 1.11 bits per heavy atom. The zero-order chi connectivity index (χ0) is 19.3. The van der Waals surface area contributed by atoms with E-state index in [1.54, 1.807) is 7.11 Å². The molecule has 0 bridgehead atoms. The van der Waals surface area contributed by atoms with Gasteiger partial charge in [0.1, 0.15) is 0 Å². The number of rotatable bonds is 5. The summed E-state index contributed by atoms with van der Waals surface area (Å²) in [4.78, 5) is 19.5. The van der Waals surface area contributed by atoms with Gasteiger partial charge in [0.15, 0.2) is 0 Å². The third-order valence-corrected chi connectivity index (χ3v) is 5.61. The molecule has 0 spiro atoms. The number of hydrogen-bond donors (Lipinski definition) is 0. The van der Waals surface area contributed by atoms with Crippen molar-refractivity contribution in [3.8, 4) is 11.1 Å². The first-order valence-corrected chi connectivity index (χ1v) is 10.0. The lowest BCUT2D eigenvalue weighted by atomic mass is 9.97. The van der Waals surface area contributed by atoms with Crippen molar-refractivity contribution in [2.75, 3.05) is 20.3 Å². The van der Waals surface area contributed by atoms with Crippen molar-refractivity contribution in [2.24, 2.45) is 0 Å². The second kappa shape index (κ2) is 8.53. The summed E-state index contributed by atoms with van der Waals surface area (Å²) in [7, 11) is 1.72. The summed E-state index contributed by atoms with van der Waals surface area (Å²) >= 11 is 0. The Balaban J connectivity index is 1.53. The number of carbonyl (C=O) groups excluding carboxylic acids is 1. The minimum Gasteiger partial charge on any atom is -0.385 e. The van der Waals surface area contributed by atoms with E-state index in [1.807, 2.05) is 47.5 Å². The second-order valence-corrected chi connectivity index (χ2v) is 7.42. The van der Waals surface area contributed by atoms with Gasteiger partial charge in [-0.15, -0.1) is 0 Å². The summed E-state index contributed by atoms with van der Waals surface area (Å²) in [6.07, 6.45) is 6.05. The molecule has 4 nitrogen and oxygen atoms in total. The summed E-state index contributed by atoms with van der Waals surface area (Å²) in [5, 5.41) is 1.12. The first kappa shape index (κ1) is 18.6. The Kier molecular flexibility index (Phi) is 5.68. The molecule has 1 aliphatic rings. The molecule has 144 valence electrons. The molecule has 1 amide bonds. The highest BCUT2D eigenvalue weighted by molar-refractivity contribution is 5.95. The molecule has 1 unspecified atom stereocenters. The molecule has 1 aromatic heterocycles. The van der Waals surface area contributed by atoms with Crippen molar-refractivity contribution < 1.29 is 9.53 Å². The van der Waals surface area contributed by atoms with E-state index in [9.17, 15) is 4.79 Å². The molecule has 3 aromatic rings. The highest BCUT2D eigenvalue weighted by Crippen LogP contribution is 2.26. The van der Waals surface area contributed by atoms with Crippen LogP contribution in [0, 0.1) is 0 Å². The van der Waals surface area contributed by atoms with E-state index < -0.39 is 0 Å². The number of amides is 1. The number of benzene rings is 2. The Hall–Kier alpha value is -2.72. The first-order chi connectivity index (χ1) is 13.8. The van der Waals surface area contributed by atoms with Crippen LogP contribution in [-0.4, -0.2) is 42.1 Å². The van der Waals surface area contributed by atoms with Crippen LogP contribution in [0.3, 0.4) is 0 Å². The topological polar surface area (TPSA) is 42.4 Å². The van der Waals surface area contributed by atoms with E-state index in [-0.39, 0.29) is 11.9 Å². The SMILES string of the molecule is COCCC1CCCCN1C(=O)c1ccc(-c2ccc3ncccc3c2)cc1. The molecule has 0 aliphatic carbocycles. The minimum absolute atomic E-state index is 0.134. The van der Waals surface area contributed by atoms with Crippen LogP contribution in [0.15, 0.2) is 60.8 Å². The average Bonchev–Trinajstić information content (AvgIpc) is 2.77. The molecular weight excluding hydrogens is 348 g/mol. The molecule has 1 saturated heterocycles. The van der Waals surface area contributed by atoms with Crippen molar-refractivity contribution in [3.05, 3.63) is 66.4 Å². The summed E-state index contributed by atoms with van der Waals surface area (Å²) in [6.45, 7) is 1.54. The van der Waals surface area contributed by atoms with E-state index >= 15 is 0 Å². The van der Waals surface area contributed by atoms with Crippen molar-refractivity contribution in [1.82, 2.24) is 9.88 Å². The van der Waals surface area contributed by atoms with E-state index in [1.165, 1.54) is 6.42 Å². The quantitative estimate of drug-likeness (QED) is 0.636. The predicted molar refractivity (Wildman–Crippen MR) is 112 cm³/mol. The predicted octanol–water partition coefficient (Wildman–Crippen LogP) is 4.93. The maximum absolute atomic E-state index is 13.1. The van der Waals surface area contributed by atoms with Gasteiger partial charge >= 0.3 is 0 Å². The zero-order valence-electron chi connectivity index (χ0n) is 16.3. The fraction of sp³-hybridized carbons (Fsp3) is 0.333. The number of pyridine rings is 1. The van der Waals surface area contributed by atoms with Gasteiger partial charge < -0.3 is 9.64 Å². The molecule has 1 fully saturated rings. The van der Waals surface area contributed by atoms with E-state index in [0.29, 0.717) is 6.61 Å². The number of aromatic nitrogens is 1. The molecule has 2 heterocycles. The van der Waals surface area contributed by atoms with Gasteiger partial charge in [-0.25, -0.2) is 0 Å². The zero-order valence-corrected chi connectivity index (χ0v) is 16.3. The molecule has 0 N–H and O–H groups in total. The lowest BCUT2D eigenvalue weighted by Crippen LogP contribution is -2.44. The number of methoxy groups -OCH3 is 1. The van der Waals surface area contributed by atoms with Crippen LogP contribution < -0.4 is 0 Å². The second-order valence-electron chi connectivity index (χ2n) is 7.42. The third kappa shape index (κ3) is 3.92. The average molecular weight is 374 g/mol. The summed E-state index contributed by atoms with van der Waals surface area (Å²) in [5.74, 6) is 0.134. The van der Waals surface area contributed by atoms with Crippen LogP contribution in [-0.2, 0) is 4.74 Å². The van der Waals surface area contributed by atoms with Gasteiger partial charge in [-0.3, -0.25) is 9.78 Å². The van der Waals surface area contributed by atoms with Gasteiger partial charge in [-0.1, -0.05) is 24.3 Å². The summed E-state index contributed by atoms with van der Waals surface area (Å²) in [6, 6.07) is 18.6. The maximum atomic E-state index is 13.1. The number of ether oxygens (including phenoxy) is 1. The lowest BCUT2D eigenvalue weighted by molar-refractivity contribution is 0.0553. The first-order valence-electron chi connectivity index (χ1n) is 10.0. The van der Waals surface area contributed by atoms with E-state index in [0.717, 1.165) is 53.4 Å². The van der Waals surface area contributed by atoms with Gasteiger partial charge in [0.25, 0.3) is 5.91 Å². The van der Waals surface area contributed by atoms with E-state index in [2.05, 4.69) is 23.2 Å². The smallest absolute Gasteiger partial charge is 0.254 e. The summed E-state index contributed by atoms with van der Waals surface area (Å²) in [5.41, 5.74) is 3.99. The highest BCUT2D eigenvalue weighted by Gasteiger charge is 2.27. The number of piperidine rings is 1. The Morgan fingerprint density at radius 2 is 1.93 bits per heavy atom. The lowest BCUT2D eigenvalue weighted by Gasteiger charge is -2.36. The number of fused-ring (bicyclic) bond motifs is 1. The Labute approximate surface area is 166 Å². The van der Waals surface area contributed by atoms with Crippen molar-refractivity contribution in [1.29, 1.82) is 0 Å². The minimum atomic E-state index is 0.134. The number of likely N-dealkylation sites (tertiary alicyclic amines) is 1. The van der Waals surface area contributed by atoms with E-state index in [4.69, 9.17) is 4.74 Å². The number of carbonyl (C=O) groups is 1. The fourth-order valence-electron chi connectivity index (χ4n) is 4.05. The normalized spacial score (nSPS) is 17.0. The number of hydrogen-bond acceptors (Lipinski definition) is 3. The van der Waals surface area contributed by atoms with Gasteiger partial charge in [0.2, 0.25) is 0 Å². The Bertz CT molecular complexity index is 952. The van der Waals surface area contributed by atoms with Gasteiger partial charge in [0.05, 0.1) is 5.52 Å². The Morgan fingerprint density at radius 3 is 2.75 bits per heavy atom. The van der Waals surface area contributed by atoms with Crippen LogP contribution in [0.2, 0.25) is 0 Å². The van der Waals surface area contributed by atoms with Gasteiger partial charge in [-0.2, -0.15) is 0 Å². The molecule has 4 heteroatoms. The van der Waals surface area contributed by atoms with Crippen LogP contribution in [0.4, 0.5) is 0 Å². The van der Waals surface area contributed by atoms with Crippen molar-refractivity contribution in [3.63, 3.8) is 0 Å². The van der Waals surface area contributed by atoms with Gasteiger partial charge in [0, 0.05) is 43.4 Å². The molecule has 0 saturated carbocycles. The highest BCUT2D eigenvalue weighted by atomic mass is 16.5. The molecule has 2 aromatic carbocycles. The third-order valence-electron chi connectivity index (χ3n) is 5.61. The van der Waals surface area contributed by atoms with Crippen LogP contribution >= 0.6 is 0 Å². The molecule has 28 heavy (non-hydrogen) atoms. The standard InChI is InChI=1S/C24H26N2O2/c1-28-16-13-22-6-2-3-15-26(22)24(27)19-9-7-18(8-10-19)20-11-12-23-21(17-20)5-4-14-25-23/h4-5,7-12,14,17,22H,2-3,6,13,15-16H2,1H3. The molecule has 1 aliphatic heterocycles. The van der Waals surface area contributed by atoms with Crippen LogP contribution in [0.1, 0.15) is 36.0 Å². The van der Waals surface area contributed by atoms with Crippen LogP contribution in [0.5, 0.6) is 0 Å². The maximum Gasteiger partial charge on any atom is 0.254 e. The number of nitrogens with zero attached hydrogens (tertiary/aromatic N) is 2. The fourth-order valence-corrected chi connectivity index (χ4v) is 4.05. The van der Waals surface area contributed by atoms with Crippen molar-refractivity contribution >= 4 is 16.8 Å². The van der Waals surface area contributed by atoms with Gasteiger partial charge in [-0.05, 0) is 67.1 Å². The van der Waals surface area contributed by atoms with Crippen molar-refractivity contribution in [2.45, 2.75) is 31.7 Å². The molecule has 1 atom stereocenters. The molecule has 0 radical (unpaired) electrons. The van der Waals surface area contributed by atoms with Crippen LogP contribution in [0.25, 0.3) is 22.0 Å². The largest absolute Gasteiger partial charge is 0.385 e. The molecular formula is C24H26N2O2. The molecule has 4 rings (SSSR count).